The van der Waals surface area contributed by atoms with Crippen molar-refractivity contribution in [3.8, 4) is 0 Å². The van der Waals surface area contributed by atoms with Crippen LogP contribution in [0.1, 0.15) is 104 Å². The van der Waals surface area contributed by atoms with E-state index in [1.807, 2.05) is 0 Å². The van der Waals surface area contributed by atoms with E-state index in [1.165, 1.54) is 54.4 Å². The second-order valence-corrected chi connectivity index (χ2v) is 13.1. The van der Waals surface area contributed by atoms with Crippen molar-refractivity contribution >= 4 is 23.2 Å². The summed E-state index contributed by atoms with van der Waals surface area (Å²) in [6.07, 6.45) is 10.6. The van der Waals surface area contributed by atoms with Crippen LogP contribution in [0.5, 0.6) is 0 Å². The van der Waals surface area contributed by atoms with E-state index in [4.69, 9.17) is 0 Å². The van der Waals surface area contributed by atoms with E-state index >= 15 is 0 Å². The van der Waals surface area contributed by atoms with Crippen molar-refractivity contribution in [2.24, 2.45) is 0 Å². The zero-order valence-electron chi connectivity index (χ0n) is 25.0. The van der Waals surface area contributed by atoms with Gasteiger partial charge in [0.25, 0.3) is 0 Å². The third-order valence-electron chi connectivity index (χ3n) is 10.3. The van der Waals surface area contributed by atoms with Crippen LogP contribution in [0.25, 0.3) is 0 Å². The van der Waals surface area contributed by atoms with Crippen molar-refractivity contribution < 1.29 is 9.59 Å². The molecule has 3 aromatic carbocycles. The molecule has 0 aromatic heterocycles. The average molecular weight is 577 g/mol. The fourth-order valence-electron chi connectivity index (χ4n) is 7.83. The molecule has 3 aromatic rings. The highest BCUT2D eigenvalue weighted by Crippen LogP contribution is 2.66. The van der Waals surface area contributed by atoms with E-state index in [0.717, 1.165) is 50.1 Å². The van der Waals surface area contributed by atoms with E-state index < -0.39 is 0 Å². The number of amides is 2. The first-order valence-electron chi connectivity index (χ1n) is 16.5. The van der Waals surface area contributed by atoms with Gasteiger partial charge in [0.1, 0.15) is 0 Å². The minimum Gasteiger partial charge on any atom is -0.325 e. The predicted octanol–water partition coefficient (Wildman–Crippen LogP) is 6.78. The van der Waals surface area contributed by atoms with Gasteiger partial charge in [0.2, 0.25) is 11.8 Å². The molecule has 2 unspecified atom stereocenters. The highest BCUT2D eigenvalue weighted by molar-refractivity contribution is 5.95. The molecule has 0 radical (unpaired) electrons. The number of nitrogens with one attached hydrogen (secondary N) is 4. The molecule has 0 bridgehead atoms. The molecule has 4 N–H and O–H groups in total. The lowest BCUT2D eigenvalue weighted by molar-refractivity contribution is -0.118. The van der Waals surface area contributed by atoms with Crippen LogP contribution >= 0.6 is 0 Å². The van der Waals surface area contributed by atoms with Crippen molar-refractivity contribution in [3.63, 3.8) is 0 Å². The van der Waals surface area contributed by atoms with Crippen LogP contribution in [0.2, 0.25) is 0 Å². The fraction of sp³-hybridized carbons (Fsp3) is 0.459. The Kier molecular flexibility index (Phi) is 8.31. The largest absolute Gasteiger partial charge is 0.325 e. The molecule has 2 amide bonds. The number of anilines is 2. The van der Waals surface area contributed by atoms with E-state index in [9.17, 15) is 9.59 Å². The maximum absolute atomic E-state index is 12.6. The molecule has 2 heterocycles. The summed E-state index contributed by atoms with van der Waals surface area (Å²) in [5.41, 5.74) is 7.19. The molecular formula is C37H44N4O2. The van der Waals surface area contributed by atoms with Crippen molar-refractivity contribution in [1.82, 2.24) is 10.6 Å². The van der Waals surface area contributed by atoms with Gasteiger partial charge in [-0.15, -0.1) is 0 Å². The Labute approximate surface area is 255 Å². The van der Waals surface area contributed by atoms with E-state index in [0.29, 0.717) is 23.7 Å². The number of hydrogen-bond donors (Lipinski definition) is 4. The molecular weight excluding hydrogens is 532 g/mol. The second-order valence-electron chi connectivity index (χ2n) is 13.1. The Bertz CT molecular complexity index is 1320. The standard InChI is InChI=1S/C37H44N4O2/c42-36(31-8-4-22-38-31)40-29-18-14-27(15-19-29)34-33(26-12-10-25(11-13-26)24-6-2-1-3-7-24)35(34)28-16-20-30(21-17-28)41-37(43)32-9-5-23-39-32/h10-21,24,31-35,38-39H,1-9,22-23H2,(H,40,42)(H,41,43)/t31-,32-,33?,34?,35?/m0/s1. The van der Waals surface area contributed by atoms with Crippen LogP contribution in [0.15, 0.2) is 72.8 Å². The lowest BCUT2D eigenvalue weighted by Gasteiger charge is -2.22. The van der Waals surface area contributed by atoms with Gasteiger partial charge >= 0.3 is 0 Å². The molecule has 2 saturated carbocycles. The zero-order valence-corrected chi connectivity index (χ0v) is 25.0. The number of carbonyl (C=O) groups excluding carboxylic acids is 2. The molecule has 2 aliphatic carbocycles. The quantitative estimate of drug-likeness (QED) is 0.238. The van der Waals surface area contributed by atoms with Gasteiger partial charge in [0, 0.05) is 11.4 Å². The first-order valence-corrected chi connectivity index (χ1v) is 16.5. The van der Waals surface area contributed by atoms with Crippen LogP contribution in [-0.2, 0) is 9.59 Å². The third-order valence-corrected chi connectivity index (χ3v) is 10.3. The molecule has 4 aliphatic rings. The summed E-state index contributed by atoms with van der Waals surface area (Å²) >= 11 is 0. The maximum Gasteiger partial charge on any atom is 0.241 e. The number of rotatable bonds is 8. The lowest BCUT2D eigenvalue weighted by Crippen LogP contribution is -2.35. The predicted molar refractivity (Wildman–Crippen MR) is 173 cm³/mol. The van der Waals surface area contributed by atoms with Gasteiger partial charge in [-0.3, -0.25) is 9.59 Å². The van der Waals surface area contributed by atoms with Gasteiger partial charge in [-0.2, -0.15) is 0 Å². The van der Waals surface area contributed by atoms with Crippen LogP contribution in [-0.4, -0.2) is 37.0 Å². The summed E-state index contributed by atoms with van der Waals surface area (Å²) in [5, 5.41) is 12.7. The zero-order chi connectivity index (χ0) is 29.2. The van der Waals surface area contributed by atoms with E-state index in [2.05, 4.69) is 94.1 Å². The summed E-state index contributed by atoms with van der Waals surface area (Å²) < 4.78 is 0. The second kappa shape index (κ2) is 12.6. The molecule has 2 saturated heterocycles. The van der Waals surface area contributed by atoms with Gasteiger partial charge in [0.05, 0.1) is 12.1 Å². The topological polar surface area (TPSA) is 82.3 Å². The van der Waals surface area contributed by atoms with Gasteiger partial charge in [-0.05, 0) is 122 Å². The first kappa shape index (κ1) is 28.3. The van der Waals surface area contributed by atoms with Gasteiger partial charge in [0.15, 0.2) is 0 Å². The van der Waals surface area contributed by atoms with Crippen molar-refractivity contribution in [3.05, 3.63) is 95.1 Å². The Hall–Kier alpha value is -3.48. The molecule has 4 fully saturated rings. The highest BCUT2D eigenvalue weighted by Gasteiger charge is 2.52. The maximum atomic E-state index is 12.6. The van der Waals surface area contributed by atoms with Crippen molar-refractivity contribution in [2.45, 2.75) is 93.5 Å². The normalized spacial score (nSPS) is 27.1. The summed E-state index contributed by atoms with van der Waals surface area (Å²) in [7, 11) is 0. The summed E-state index contributed by atoms with van der Waals surface area (Å²) in [5.74, 6) is 1.95. The fourth-order valence-corrected chi connectivity index (χ4v) is 7.83. The first-order chi connectivity index (χ1) is 21.1. The van der Waals surface area contributed by atoms with Crippen LogP contribution in [0.4, 0.5) is 11.4 Å². The molecule has 6 nitrogen and oxygen atoms in total. The molecule has 43 heavy (non-hydrogen) atoms. The van der Waals surface area contributed by atoms with Crippen LogP contribution < -0.4 is 21.3 Å². The molecule has 2 aliphatic heterocycles. The molecule has 6 heteroatoms. The summed E-state index contributed by atoms with van der Waals surface area (Å²) in [6.45, 7) is 1.82. The molecule has 7 rings (SSSR count). The van der Waals surface area contributed by atoms with Gasteiger partial charge in [-0.1, -0.05) is 67.8 Å². The number of benzene rings is 3. The minimum absolute atomic E-state index is 0.0568. The van der Waals surface area contributed by atoms with Crippen LogP contribution in [0, 0.1) is 0 Å². The molecule has 224 valence electrons. The SMILES string of the molecule is O=C(Nc1ccc(C2C(c3ccc(NC(=O)[C@@H]4CCCN4)cc3)C2c2ccc(C3CCCCC3)cc2)cc1)[C@@H]1CCCN1. The van der Waals surface area contributed by atoms with E-state index in [-0.39, 0.29) is 23.9 Å². The van der Waals surface area contributed by atoms with Gasteiger partial charge < -0.3 is 21.3 Å². The smallest absolute Gasteiger partial charge is 0.241 e. The third kappa shape index (κ3) is 6.27. The Morgan fingerprint density at radius 1 is 0.488 bits per heavy atom. The Morgan fingerprint density at radius 3 is 1.28 bits per heavy atom. The number of carbonyl (C=O) groups is 2. The Balaban J connectivity index is 1.09. The van der Waals surface area contributed by atoms with Crippen LogP contribution in [0.3, 0.4) is 0 Å². The Morgan fingerprint density at radius 2 is 0.884 bits per heavy atom. The molecule has 0 spiro atoms. The van der Waals surface area contributed by atoms with Crippen molar-refractivity contribution in [1.29, 1.82) is 0 Å². The lowest BCUT2D eigenvalue weighted by atomic mass is 9.83. The average Bonchev–Trinajstić information content (AvgIpc) is 3.40. The van der Waals surface area contributed by atoms with Crippen molar-refractivity contribution in [2.75, 3.05) is 23.7 Å². The molecule has 4 atom stereocenters. The monoisotopic (exact) mass is 576 g/mol. The van der Waals surface area contributed by atoms with Gasteiger partial charge in [-0.25, -0.2) is 0 Å². The summed E-state index contributed by atoms with van der Waals surface area (Å²) in [4.78, 5) is 25.3. The van der Waals surface area contributed by atoms with E-state index in [1.54, 1.807) is 0 Å². The summed E-state index contributed by atoms with van der Waals surface area (Å²) in [6, 6.07) is 26.3. The highest BCUT2D eigenvalue weighted by atomic mass is 16.2. The number of hydrogen-bond acceptors (Lipinski definition) is 4. The minimum atomic E-state index is -0.0874.